The molecule has 1 atom stereocenters. The van der Waals surface area contributed by atoms with Crippen molar-refractivity contribution in [2.24, 2.45) is 5.92 Å². The number of hydrogen-bond acceptors (Lipinski definition) is 0. The molecular formula is C11H22. The van der Waals surface area contributed by atoms with Crippen molar-refractivity contribution in [3.63, 3.8) is 0 Å². The maximum atomic E-state index is 3.89. The fourth-order valence-corrected chi connectivity index (χ4v) is 1.12. The van der Waals surface area contributed by atoms with E-state index in [0.717, 1.165) is 5.92 Å². The summed E-state index contributed by atoms with van der Waals surface area (Å²) in [5.74, 6) is 0.917. The SMILES string of the molecule is C=C(C)CCCCC(C)CC. The lowest BCUT2D eigenvalue weighted by atomic mass is 10.00. The zero-order valence-corrected chi connectivity index (χ0v) is 8.32. The minimum absolute atomic E-state index is 0.917. The third-order valence-electron chi connectivity index (χ3n) is 2.25. The average Bonchev–Trinajstić information content (AvgIpc) is 1.97. The summed E-state index contributed by atoms with van der Waals surface area (Å²) >= 11 is 0. The first-order chi connectivity index (χ1) is 5.16. The minimum atomic E-state index is 0.917. The lowest BCUT2D eigenvalue weighted by molar-refractivity contribution is 0.484. The van der Waals surface area contributed by atoms with E-state index in [4.69, 9.17) is 0 Å². The van der Waals surface area contributed by atoms with Crippen LogP contribution in [0, 0.1) is 5.92 Å². The molecule has 0 heterocycles. The van der Waals surface area contributed by atoms with Crippen LogP contribution in [0.3, 0.4) is 0 Å². The van der Waals surface area contributed by atoms with Crippen molar-refractivity contribution >= 4 is 0 Å². The predicted octanol–water partition coefficient (Wildman–Crippen LogP) is 4.17. The van der Waals surface area contributed by atoms with Gasteiger partial charge in [-0.25, -0.2) is 0 Å². The molecule has 0 aliphatic carbocycles. The Morgan fingerprint density at radius 1 is 1.36 bits per heavy atom. The van der Waals surface area contributed by atoms with Gasteiger partial charge in [-0.3, -0.25) is 0 Å². The molecule has 1 unspecified atom stereocenters. The van der Waals surface area contributed by atoms with E-state index in [2.05, 4.69) is 27.4 Å². The Bertz CT molecular complexity index is 103. The van der Waals surface area contributed by atoms with Crippen molar-refractivity contribution in [3.05, 3.63) is 12.2 Å². The fourth-order valence-electron chi connectivity index (χ4n) is 1.12. The molecule has 0 nitrogen and oxygen atoms in total. The number of allylic oxidation sites excluding steroid dienone is 1. The largest absolute Gasteiger partial charge is 0.100 e. The van der Waals surface area contributed by atoms with Crippen LogP contribution in [-0.4, -0.2) is 0 Å². The summed E-state index contributed by atoms with van der Waals surface area (Å²) in [5, 5.41) is 0. The van der Waals surface area contributed by atoms with Crippen LogP contribution in [0.15, 0.2) is 12.2 Å². The highest BCUT2D eigenvalue weighted by molar-refractivity contribution is 4.87. The zero-order valence-electron chi connectivity index (χ0n) is 8.32. The Kier molecular flexibility index (Phi) is 6.30. The summed E-state index contributed by atoms with van der Waals surface area (Å²) < 4.78 is 0. The van der Waals surface area contributed by atoms with Crippen LogP contribution in [0.5, 0.6) is 0 Å². The van der Waals surface area contributed by atoms with E-state index in [1.54, 1.807) is 0 Å². The quantitative estimate of drug-likeness (QED) is 0.398. The summed E-state index contributed by atoms with van der Waals surface area (Å²) in [6, 6.07) is 0. The second-order valence-electron chi connectivity index (χ2n) is 3.72. The topological polar surface area (TPSA) is 0 Å². The average molecular weight is 154 g/mol. The van der Waals surface area contributed by atoms with E-state index in [9.17, 15) is 0 Å². The van der Waals surface area contributed by atoms with E-state index < -0.39 is 0 Å². The van der Waals surface area contributed by atoms with Crippen molar-refractivity contribution in [1.29, 1.82) is 0 Å². The maximum absolute atomic E-state index is 3.89. The Labute approximate surface area is 71.7 Å². The summed E-state index contributed by atoms with van der Waals surface area (Å²) in [6.07, 6.45) is 6.65. The van der Waals surface area contributed by atoms with Gasteiger partial charge in [0.2, 0.25) is 0 Å². The lowest BCUT2D eigenvalue weighted by Gasteiger charge is -2.06. The second kappa shape index (κ2) is 6.45. The fraction of sp³-hybridized carbons (Fsp3) is 0.818. The molecule has 0 fully saturated rings. The zero-order chi connectivity index (χ0) is 8.69. The van der Waals surface area contributed by atoms with E-state index in [1.807, 2.05) is 0 Å². The Morgan fingerprint density at radius 2 is 2.00 bits per heavy atom. The molecule has 0 heteroatoms. The van der Waals surface area contributed by atoms with Crippen LogP contribution in [-0.2, 0) is 0 Å². The van der Waals surface area contributed by atoms with Gasteiger partial charge in [0.15, 0.2) is 0 Å². The van der Waals surface area contributed by atoms with Crippen LogP contribution in [0.2, 0.25) is 0 Å². The molecule has 0 rings (SSSR count). The van der Waals surface area contributed by atoms with E-state index in [1.165, 1.54) is 37.7 Å². The maximum Gasteiger partial charge on any atom is -0.0326 e. The number of hydrogen-bond donors (Lipinski definition) is 0. The molecule has 0 bridgehead atoms. The predicted molar refractivity (Wildman–Crippen MR) is 52.7 cm³/mol. The molecule has 0 radical (unpaired) electrons. The molecule has 0 saturated carbocycles. The van der Waals surface area contributed by atoms with Gasteiger partial charge in [-0.1, -0.05) is 38.7 Å². The molecule has 0 saturated heterocycles. The summed E-state index contributed by atoms with van der Waals surface area (Å²) in [5.41, 5.74) is 1.33. The molecule has 0 N–H and O–H groups in total. The Hall–Kier alpha value is -0.260. The van der Waals surface area contributed by atoms with E-state index in [-0.39, 0.29) is 0 Å². The van der Waals surface area contributed by atoms with Gasteiger partial charge < -0.3 is 0 Å². The van der Waals surface area contributed by atoms with Gasteiger partial charge in [0.1, 0.15) is 0 Å². The van der Waals surface area contributed by atoms with Gasteiger partial charge in [-0.15, -0.1) is 6.58 Å². The molecule has 11 heavy (non-hydrogen) atoms. The normalized spacial score (nSPS) is 13.0. The van der Waals surface area contributed by atoms with Crippen molar-refractivity contribution in [1.82, 2.24) is 0 Å². The van der Waals surface area contributed by atoms with Crippen LogP contribution in [0.25, 0.3) is 0 Å². The van der Waals surface area contributed by atoms with Gasteiger partial charge >= 0.3 is 0 Å². The summed E-state index contributed by atoms with van der Waals surface area (Å²) in [4.78, 5) is 0. The molecule has 0 aromatic carbocycles. The molecule has 0 aliphatic rings. The molecule has 0 spiro atoms. The number of rotatable bonds is 6. The lowest BCUT2D eigenvalue weighted by Crippen LogP contribution is -1.91. The smallest absolute Gasteiger partial charge is 0.0326 e. The molecule has 0 aromatic heterocycles. The van der Waals surface area contributed by atoms with Crippen LogP contribution in [0.1, 0.15) is 52.9 Å². The monoisotopic (exact) mass is 154 g/mol. The highest BCUT2D eigenvalue weighted by Crippen LogP contribution is 2.13. The molecule has 66 valence electrons. The van der Waals surface area contributed by atoms with Crippen molar-refractivity contribution in [2.75, 3.05) is 0 Å². The molecular weight excluding hydrogens is 132 g/mol. The Morgan fingerprint density at radius 3 is 2.45 bits per heavy atom. The van der Waals surface area contributed by atoms with Crippen molar-refractivity contribution in [3.8, 4) is 0 Å². The molecule has 0 amide bonds. The number of unbranched alkanes of at least 4 members (excludes halogenated alkanes) is 1. The van der Waals surface area contributed by atoms with Gasteiger partial charge in [0, 0.05) is 0 Å². The first-order valence-electron chi connectivity index (χ1n) is 4.81. The van der Waals surface area contributed by atoms with Gasteiger partial charge in [0.05, 0.1) is 0 Å². The first-order valence-corrected chi connectivity index (χ1v) is 4.81. The third kappa shape index (κ3) is 7.64. The molecule has 0 aromatic rings. The van der Waals surface area contributed by atoms with Crippen molar-refractivity contribution in [2.45, 2.75) is 52.9 Å². The van der Waals surface area contributed by atoms with E-state index >= 15 is 0 Å². The first kappa shape index (κ1) is 10.7. The van der Waals surface area contributed by atoms with Crippen LogP contribution >= 0.6 is 0 Å². The Balaban J connectivity index is 3.08. The third-order valence-corrected chi connectivity index (χ3v) is 2.25. The van der Waals surface area contributed by atoms with Crippen LogP contribution < -0.4 is 0 Å². The van der Waals surface area contributed by atoms with Gasteiger partial charge in [0.25, 0.3) is 0 Å². The van der Waals surface area contributed by atoms with Gasteiger partial charge in [-0.2, -0.15) is 0 Å². The summed E-state index contributed by atoms with van der Waals surface area (Å²) in [7, 11) is 0. The molecule has 0 aliphatic heterocycles. The highest BCUT2D eigenvalue weighted by atomic mass is 14.0. The second-order valence-corrected chi connectivity index (χ2v) is 3.72. The summed E-state index contributed by atoms with van der Waals surface area (Å²) in [6.45, 7) is 10.6. The van der Waals surface area contributed by atoms with Crippen molar-refractivity contribution < 1.29 is 0 Å². The van der Waals surface area contributed by atoms with Gasteiger partial charge in [-0.05, 0) is 25.7 Å². The standard InChI is InChI=1S/C11H22/c1-5-11(4)9-7-6-8-10(2)3/h11H,2,5-9H2,1,3-4H3. The van der Waals surface area contributed by atoms with E-state index in [0.29, 0.717) is 0 Å². The van der Waals surface area contributed by atoms with Crippen LogP contribution in [0.4, 0.5) is 0 Å². The highest BCUT2D eigenvalue weighted by Gasteiger charge is 1.97. The minimum Gasteiger partial charge on any atom is -0.100 e.